The standard InChI is InChI=1S/C11H10F3NO3S/c12-7-1-2-8(10(14)9(7)13)15-11(16)6-3-4-19(17,18)5-6/h1-2,6H,3-5H2,(H,15,16)/t6-/m0/s1. The highest BCUT2D eigenvalue weighted by atomic mass is 32.2. The maximum absolute atomic E-state index is 13.3. The topological polar surface area (TPSA) is 63.2 Å². The van der Waals surface area contributed by atoms with Crippen LogP contribution in [-0.2, 0) is 14.6 Å². The minimum Gasteiger partial charge on any atom is -0.323 e. The molecule has 1 heterocycles. The highest BCUT2D eigenvalue weighted by Gasteiger charge is 2.33. The smallest absolute Gasteiger partial charge is 0.228 e. The van der Waals surface area contributed by atoms with Crippen LogP contribution in [0.2, 0.25) is 0 Å². The van der Waals surface area contributed by atoms with Crippen LogP contribution in [0.3, 0.4) is 0 Å². The van der Waals surface area contributed by atoms with E-state index in [4.69, 9.17) is 0 Å². The summed E-state index contributed by atoms with van der Waals surface area (Å²) in [7, 11) is -3.25. The molecule has 4 nitrogen and oxygen atoms in total. The quantitative estimate of drug-likeness (QED) is 0.840. The summed E-state index contributed by atoms with van der Waals surface area (Å²) in [6, 6.07) is 1.56. The predicted molar refractivity (Wildman–Crippen MR) is 61.7 cm³/mol. The fourth-order valence-corrected chi connectivity index (χ4v) is 3.60. The van der Waals surface area contributed by atoms with Crippen LogP contribution in [-0.4, -0.2) is 25.8 Å². The van der Waals surface area contributed by atoms with Gasteiger partial charge < -0.3 is 5.32 Å². The van der Waals surface area contributed by atoms with E-state index in [9.17, 15) is 26.4 Å². The Balaban J connectivity index is 2.14. The molecule has 0 radical (unpaired) electrons. The van der Waals surface area contributed by atoms with Crippen LogP contribution >= 0.6 is 0 Å². The van der Waals surface area contributed by atoms with Crippen molar-refractivity contribution in [3.63, 3.8) is 0 Å². The van der Waals surface area contributed by atoms with Crippen LogP contribution in [0.5, 0.6) is 0 Å². The molecular formula is C11H10F3NO3S. The summed E-state index contributed by atoms with van der Waals surface area (Å²) in [5.74, 6) is -6.48. The average Bonchev–Trinajstić information content (AvgIpc) is 2.70. The molecule has 1 atom stereocenters. The van der Waals surface area contributed by atoms with Gasteiger partial charge in [-0.05, 0) is 18.6 Å². The minimum atomic E-state index is -3.25. The second kappa shape index (κ2) is 4.84. The van der Waals surface area contributed by atoms with Crippen molar-refractivity contribution in [1.29, 1.82) is 0 Å². The fraction of sp³-hybridized carbons (Fsp3) is 0.364. The van der Waals surface area contributed by atoms with E-state index in [1.807, 2.05) is 0 Å². The molecule has 0 aromatic heterocycles. The summed E-state index contributed by atoms with van der Waals surface area (Å²) in [5, 5.41) is 2.07. The molecule has 1 saturated heterocycles. The molecule has 1 fully saturated rings. The molecule has 0 aliphatic carbocycles. The molecule has 1 aromatic rings. The van der Waals surface area contributed by atoms with Gasteiger partial charge in [-0.1, -0.05) is 0 Å². The van der Waals surface area contributed by atoms with Crippen molar-refractivity contribution in [2.24, 2.45) is 5.92 Å². The van der Waals surface area contributed by atoms with Gasteiger partial charge in [-0.2, -0.15) is 0 Å². The van der Waals surface area contributed by atoms with Gasteiger partial charge in [-0.3, -0.25) is 4.79 Å². The minimum absolute atomic E-state index is 0.106. The van der Waals surface area contributed by atoms with Gasteiger partial charge in [0.1, 0.15) is 0 Å². The van der Waals surface area contributed by atoms with Gasteiger partial charge in [0.2, 0.25) is 5.91 Å². The number of nitrogens with one attached hydrogen (secondary N) is 1. The first-order valence-electron chi connectivity index (χ1n) is 5.45. The van der Waals surface area contributed by atoms with Gasteiger partial charge in [-0.25, -0.2) is 21.6 Å². The van der Waals surface area contributed by atoms with Crippen LogP contribution < -0.4 is 5.32 Å². The van der Waals surface area contributed by atoms with E-state index in [0.717, 1.165) is 6.07 Å². The zero-order valence-electron chi connectivity index (χ0n) is 9.62. The monoisotopic (exact) mass is 293 g/mol. The second-order valence-electron chi connectivity index (χ2n) is 4.31. The molecule has 104 valence electrons. The predicted octanol–water partition coefficient (Wildman–Crippen LogP) is 1.48. The lowest BCUT2D eigenvalue weighted by atomic mass is 10.1. The van der Waals surface area contributed by atoms with Gasteiger partial charge >= 0.3 is 0 Å². The largest absolute Gasteiger partial charge is 0.323 e. The number of carbonyl (C=O) groups excluding carboxylic acids is 1. The van der Waals surface area contributed by atoms with Crippen LogP contribution in [0.25, 0.3) is 0 Å². The Bertz CT molecular complexity index is 630. The van der Waals surface area contributed by atoms with Crippen molar-refractivity contribution in [2.45, 2.75) is 6.42 Å². The van der Waals surface area contributed by atoms with Gasteiger partial charge in [-0.15, -0.1) is 0 Å². The van der Waals surface area contributed by atoms with Crippen LogP contribution in [0.4, 0.5) is 18.9 Å². The van der Waals surface area contributed by atoms with Crippen LogP contribution in [0.1, 0.15) is 6.42 Å². The van der Waals surface area contributed by atoms with E-state index < -0.39 is 44.8 Å². The molecule has 1 aliphatic rings. The molecule has 0 unspecified atom stereocenters. The average molecular weight is 293 g/mol. The van der Waals surface area contributed by atoms with Crippen molar-refractivity contribution >= 4 is 21.4 Å². The molecule has 0 saturated carbocycles. The zero-order chi connectivity index (χ0) is 14.2. The fourth-order valence-electron chi connectivity index (χ4n) is 1.86. The van der Waals surface area contributed by atoms with E-state index in [2.05, 4.69) is 5.32 Å². The highest BCUT2D eigenvalue weighted by Crippen LogP contribution is 2.23. The van der Waals surface area contributed by atoms with Crippen molar-refractivity contribution in [3.05, 3.63) is 29.6 Å². The Labute approximate surface area is 107 Å². The van der Waals surface area contributed by atoms with E-state index in [1.165, 1.54) is 0 Å². The molecule has 8 heteroatoms. The number of amides is 1. The van der Waals surface area contributed by atoms with Crippen molar-refractivity contribution < 1.29 is 26.4 Å². The summed E-state index contributed by atoms with van der Waals surface area (Å²) in [5.41, 5.74) is -0.506. The molecule has 1 N–H and O–H groups in total. The molecule has 1 amide bonds. The van der Waals surface area contributed by atoms with Gasteiger partial charge in [0.25, 0.3) is 0 Å². The third-order valence-electron chi connectivity index (χ3n) is 2.90. The van der Waals surface area contributed by atoms with E-state index in [-0.39, 0.29) is 17.9 Å². The first-order chi connectivity index (χ1) is 8.80. The summed E-state index contributed by atoms with van der Waals surface area (Å²) < 4.78 is 61.4. The van der Waals surface area contributed by atoms with Crippen LogP contribution in [0, 0.1) is 23.4 Å². The Kier molecular flexibility index (Phi) is 3.53. The van der Waals surface area contributed by atoms with Crippen molar-refractivity contribution in [2.75, 3.05) is 16.8 Å². The van der Waals surface area contributed by atoms with E-state index in [1.54, 1.807) is 0 Å². The maximum atomic E-state index is 13.3. The summed E-state index contributed by atoms with van der Waals surface area (Å²) in [4.78, 5) is 11.7. The number of sulfone groups is 1. The molecule has 0 bridgehead atoms. The first kappa shape index (κ1) is 13.9. The van der Waals surface area contributed by atoms with Gasteiger partial charge in [0.15, 0.2) is 27.3 Å². The Hall–Kier alpha value is -1.57. The third-order valence-corrected chi connectivity index (χ3v) is 4.66. The summed E-state index contributed by atoms with van der Waals surface area (Å²) in [6.07, 6.45) is 0.138. The number of carbonyl (C=O) groups is 1. The number of hydrogen-bond donors (Lipinski definition) is 1. The Morgan fingerprint density at radius 1 is 1.21 bits per heavy atom. The lowest BCUT2D eigenvalue weighted by molar-refractivity contribution is -0.119. The number of halogens is 3. The van der Waals surface area contributed by atoms with Gasteiger partial charge in [0, 0.05) is 0 Å². The third kappa shape index (κ3) is 2.89. The van der Waals surface area contributed by atoms with Crippen LogP contribution in [0.15, 0.2) is 12.1 Å². The van der Waals surface area contributed by atoms with Gasteiger partial charge in [0.05, 0.1) is 23.1 Å². The molecule has 19 heavy (non-hydrogen) atoms. The normalized spacial score (nSPS) is 21.3. The molecule has 1 aromatic carbocycles. The van der Waals surface area contributed by atoms with Crippen molar-refractivity contribution in [3.8, 4) is 0 Å². The van der Waals surface area contributed by atoms with E-state index in [0.29, 0.717) is 6.07 Å². The lowest BCUT2D eigenvalue weighted by Gasteiger charge is -2.10. The Morgan fingerprint density at radius 2 is 1.89 bits per heavy atom. The van der Waals surface area contributed by atoms with E-state index >= 15 is 0 Å². The molecule has 1 aliphatic heterocycles. The summed E-state index contributed by atoms with van der Waals surface area (Å²) >= 11 is 0. The molecular weight excluding hydrogens is 283 g/mol. The molecule has 2 rings (SSSR count). The van der Waals surface area contributed by atoms with Crippen molar-refractivity contribution in [1.82, 2.24) is 0 Å². The highest BCUT2D eigenvalue weighted by molar-refractivity contribution is 7.91. The second-order valence-corrected chi connectivity index (χ2v) is 6.54. The number of rotatable bonds is 2. The number of benzene rings is 1. The zero-order valence-corrected chi connectivity index (χ0v) is 10.4. The lowest BCUT2D eigenvalue weighted by Crippen LogP contribution is -2.24. The SMILES string of the molecule is O=C(Nc1ccc(F)c(F)c1F)[C@H]1CCS(=O)(=O)C1. The Morgan fingerprint density at radius 3 is 2.47 bits per heavy atom. The first-order valence-corrected chi connectivity index (χ1v) is 7.27. The number of hydrogen-bond acceptors (Lipinski definition) is 3. The summed E-state index contributed by atoms with van der Waals surface area (Å²) in [6.45, 7) is 0. The molecule has 0 spiro atoms. The maximum Gasteiger partial charge on any atom is 0.228 e. The number of anilines is 1.